The van der Waals surface area contributed by atoms with Crippen molar-refractivity contribution in [1.29, 1.82) is 0 Å². The number of carbonyl (C=O) groups is 1. The van der Waals surface area contributed by atoms with E-state index >= 15 is 0 Å². The van der Waals surface area contributed by atoms with Crippen LogP contribution in [0.15, 0.2) is 45.7 Å². The molecule has 1 saturated heterocycles. The first-order valence-corrected chi connectivity index (χ1v) is 9.00. The van der Waals surface area contributed by atoms with Crippen molar-refractivity contribution in [2.75, 3.05) is 0 Å². The Kier molecular flexibility index (Phi) is 4.60. The van der Waals surface area contributed by atoms with Crippen molar-refractivity contribution in [2.45, 2.75) is 26.3 Å². The Bertz CT molecular complexity index is 849. The highest BCUT2D eigenvalue weighted by Gasteiger charge is 2.39. The lowest BCUT2D eigenvalue weighted by molar-refractivity contribution is -0.125. The maximum atomic E-state index is 12.6. The molecule has 24 heavy (non-hydrogen) atoms. The van der Waals surface area contributed by atoms with Crippen molar-refractivity contribution in [3.05, 3.63) is 52.1 Å². The second kappa shape index (κ2) is 6.39. The number of halogens is 1. The average Bonchev–Trinajstić information content (AvgIpc) is 3.04. The van der Waals surface area contributed by atoms with E-state index in [4.69, 9.17) is 28.2 Å². The highest BCUT2D eigenvalue weighted by atomic mass is 35.5. The van der Waals surface area contributed by atoms with Gasteiger partial charge in [0.25, 0.3) is 5.91 Å². The number of hydrogen-bond donors (Lipinski definition) is 0. The van der Waals surface area contributed by atoms with E-state index in [1.807, 2.05) is 57.2 Å². The second-order valence-electron chi connectivity index (χ2n) is 6.37. The van der Waals surface area contributed by atoms with Gasteiger partial charge in [-0.15, -0.1) is 0 Å². The van der Waals surface area contributed by atoms with Gasteiger partial charge in [0.2, 0.25) is 0 Å². The minimum atomic E-state index is -0.345. The molecule has 0 N–H and O–H groups in total. The molecule has 0 spiro atoms. The third-order valence-electron chi connectivity index (χ3n) is 3.50. The third-order valence-corrected chi connectivity index (χ3v) is 5.14. The first-order chi connectivity index (χ1) is 11.3. The number of thioether (sulfide) groups is 1. The smallest absolute Gasteiger partial charge is 0.266 e. The number of rotatable bonds is 2. The zero-order chi connectivity index (χ0) is 17.5. The van der Waals surface area contributed by atoms with Gasteiger partial charge in [-0.1, -0.05) is 47.7 Å². The first kappa shape index (κ1) is 17.3. The molecule has 2 aromatic rings. The number of amides is 1. The fourth-order valence-electron chi connectivity index (χ4n) is 2.41. The van der Waals surface area contributed by atoms with Crippen LogP contribution in [0.5, 0.6) is 0 Å². The molecule has 0 radical (unpaired) electrons. The van der Waals surface area contributed by atoms with E-state index in [2.05, 4.69) is 0 Å². The topological polar surface area (TPSA) is 33.5 Å². The molecular weight excluding hydrogens is 362 g/mol. The highest BCUT2D eigenvalue weighted by Crippen LogP contribution is 2.37. The standard InChI is InChI=1S/C18H16ClNO2S2/c1-18(2,3)20-16(21)15(24-17(20)23)10-11-8-9-14(22-11)12-6-4-5-7-13(12)19/h4-10H,1-3H3. The molecule has 1 aliphatic heterocycles. The normalized spacial score (nSPS) is 17.2. The summed E-state index contributed by atoms with van der Waals surface area (Å²) >= 11 is 12.8. The molecule has 3 nitrogen and oxygen atoms in total. The molecule has 0 aliphatic carbocycles. The predicted octanol–water partition coefficient (Wildman–Crippen LogP) is 5.60. The zero-order valence-corrected chi connectivity index (χ0v) is 15.9. The van der Waals surface area contributed by atoms with Crippen LogP contribution < -0.4 is 0 Å². The molecule has 2 heterocycles. The van der Waals surface area contributed by atoms with Crippen molar-refractivity contribution in [2.24, 2.45) is 0 Å². The Hall–Kier alpha value is -1.56. The summed E-state index contributed by atoms with van der Waals surface area (Å²) in [6.45, 7) is 5.88. The fourth-order valence-corrected chi connectivity index (χ4v) is 4.26. The number of benzene rings is 1. The molecule has 0 atom stereocenters. The quantitative estimate of drug-likeness (QED) is 0.503. The summed E-state index contributed by atoms with van der Waals surface area (Å²) in [6.07, 6.45) is 1.73. The van der Waals surface area contributed by atoms with Gasteiger partial charge in [-0.25, -0.2) is 0 Å². The lowest BCUT2D eigenvalue weighted by Crippen LogP contribution is -2.44. The van der Waals surface area contributed by atoms with E-state index in [1.165, 1.54) is 11.8 Å². The van der Waals surface area contributed by atoms with Crippen molar-refractivity contribution >= 4 is 51.9 Å². The predicted molar refractivity (Wildman–Crippen MR) is 104 cm³/mol. The molecule has 1 aromatic heterocycles. The minimum absolute atomic E-state index is 0.0896. The summed E-state index contributed by atoms with van der Waals surface area (Å²) in [5.41, 5.74) is 0.476. The molecule has 6 heteroatoms. The molecular formula is C18H16ClNO2S2. The lowest BCUT2D eigenvalue weighted by atomic mass is 10.1. The van der Waals surface area contributed by atoms with Crippen LogP contribution in [0.2, 0.25) is 5.02 Å². The van der Waals surface area contributed by atoms with Crippen LogP contribution in [0.4, 0.5) is 0 Å². The molecule has 0 bridgehead atoms. The SMILES string of the molecule is CC(C)(C)N1C(=O)C(=Cc2ccc(-c3ccccc3Cl)o2)SC1=S. The van der Waals surface area contributed by atoms with E-state index in [9.17, 15) is 4.79 Å². The van der Waals surface area contributed by atoms with E-state index in [0.717, 1.165) is 5.56 Å². The summed E-state index contributed by atoms with van der Waals surface area (Å²) in [6, 6.07) is 11.1. The monoisotopic (exact) mass is 377 g/mol. The number of thiocarbonyl (C=S) groups is 1. The van der Waals surface area contributed by atoms with Crippen LogP contribution in [0, 0.1) is 0 Å². The van der Waals surface area contributed by atoms with Gasteiger partial charge >= 0.3 is 0 Å². The minimum Gasteiger partial charge on any atom is -0.457 e. The van der Waals surface area contributed by atoms with Crippen molar-refractivity contribution < 1.29 is 9.21 Å². The summed E-state index contributed by atoms with van der Waals surface area (Å²) in [7, 11) is 0. The number of hydrogen-bond acceptors (Lipinski definition) is 4. The molecule has 124 valence electrons. The maximum Gasteiger partial charge on any atom is 0.266 e. The zero-order valence-electron chi connectivity index (χ0n) is 13.5. The number of furan rings is 1. The van der Waals surface area contributed by atoms with Crippen molar-refractivity contribution in [1.82, 2.24) is 4.90 Å². The molecule has 1 aliphatic rings. The van der Waals surface area contributed by atoms with Gasteiger partial charge in [-0.3, -0.25) is 9.69 Å². The number of nitrogens with zero attached hydrogens (tertiary/aromatic N) is 1. The average molecular weight is 378 g/mol. The van der Waals surface area contributed by atoms with Crippen molar-refractivity contribution in [3.63, 3.8) is 0 Å². The van der Waals surface area contributed by atoms with Crippen LogP contribution in [0.25, 0.3) is 17.4 Å². The molecule has 1 aromatic carbocycles. The number of carbonyl (C=O) groups excluding carboxylic acids is 1. The lowest BCUT2D eigenvalue weighted by Gasteiger charge is -2.30. The van der Waals surface area contributed by atoms with Crippen molar-refractivity contribution in [3.8, 4) is 11.3 Å². The van der Waals surface area contributed by atoms with Gasteiger partial charge in [-0.05, 0) is 45.0 Å². The van der Waals surface area contributed by atoms with E-state index in [-0.39, 0.29) is 11.4 Å². The molecule has 0 unspecified atom stereocenters. The fraction of sp³-hybridized carbons (Fsp3) is 0.222. The Morgan fingerprint density at radius 3 is 2.54 bits per heavy atom. The van der Waals surface area contributed by atoms with Gasteiger partial charge in [0.15, 0.2) is 0 Å². The van der Waals surface area contributed by atoms with E-state index in [0.29, 0.717) is 25.8 Å². The Morgan fingerprint density at radius 2 is 1.92 bits per heavy atom. The largest absolute Gasteiger partial charge is 0.457 e. The summed E-state index contributed by atoms with van der Waals surface area (Å²) in [4.78, 5) is 14.8. The summed E-state index contributed by atoms with van der Waals surface area (Å²) in [5.74, 6) is 1.17. The second-order valence-corrected chi connectivity index (χ2v) is 8.45. The van der Waals surface area contributed by atoms with Gasteiger partial charge in [0, 0.05) is 17.2 Å². The van der Waals surface area contributed by atoms with Gasteiger partial charge in [0.05, 0.1) is 9.93 Å². The van der Waals surface area contributed by atoms with Gasteiger partial charge in [0.1, 0.15) is 15.8 Å². The highest BCUT2D eigenvalue weighted by molar-refractivity contribution is 8.26. The van der Waals surface area contributed by atoms with Crippen LogP contribution in [0.3, 0.4) is 0 Å². The van der Waals surface area contributed by atoms with E-state index < -0.39 is 0 Å². The Balaban J connectivity index is 1.90. The molecule has 3 rings (SSSR count). The Labute approximate surface area is 155 Å². The third kappa shape index (κ3) is 3.29. The van der Waals surface area contributed by atoms with Gasteiger partial charge in [-0.2, -0.15) is 0 Å². The van der Waals surface area contributed by atoms with Crippen LogP contribution >= 0.6 is 35.6 Å². The summed E-state index contributed by atoms with van der Waals surface area (Å²) in [5, 5.41) is 0.623. The van der Waals surface area contributed by atoms with Crippen LogP contribution in [-0.2, 0) is 4.79 Å². The Morgan fingerprint density at radius 1 is 1.21 bits per heavy atom. The van der Waals surface area contributed by atoms with Gasteiger partial charge < -0.3 is 4.42 Å². The molecule has 1 amide bonds. The summed E-state index contributed by atoms with van der Waals surface area (Å²) < 4.78 is 6.40. The maximum absolute atomic E-state index is 12.6. The molecule has 1 fully saturated rings. The first-order valence-electron chi connectivity index (χ1n) is 7.40. The van der Waals surface area contributed by atoms with Crippen LogP contribution in [0.1, 0.15) is 26.5 Å². The van der Waals surface area contributed by atoms with E-state index in [1.54, 1.807) is 11.0 Å². The van der Waals surface area contributed by atoms with Crippen LogP contribution in [-0.4, -0.2) is 20.7 Å². The molecule has 0 saturated carbocycles.